The Morgan fingerprint density at radius 3 is 3.00 bits per heavy atom. The van der Waals surface area contributed by atoms with Crippen molar-refractivity contribution in [3.8, 4) is 5.75 Å². The van der Waals surface area contributed by atoms with Gasteiger partial charge < -0.3 is 15.0 Å². The quantitative estimate of drug-likeness (QED) is 0.792. The van der Waals surface area contributed by atoms with Gasteiger partial charge in [-0.15, -0.1) is 0 Å². The highest BCUT2D eigenvalue weighted by Gasteiger charge is 2.22. The van der Waals surface area contributed by atoms with E-state index in [1.54, 1.807) is 0 Å². The number of benzene rings is 1. The molecule has 118 valence electrons. The lowest BCUT2D eigenvalue weighted by molar-refractivity contribution is 0.289. The molecule has 0 aromatic heterocycles. The van der Waals surface area contributed by atoms with E-state index in [1.807, 2.05) is 0 Å². The topological polar surface area (TPSA) is 24.5 Å². The first kappa shape index (κ1) is 16.2. The van der Waals surface area contributed by atoms with E-state index < -0.39 is 0 Å². The Balaban J connectivity index is 1.86. The fourth-order valence-electron chi connectivity index (χ4n) is 2.76. The van der Waals surface area contributed by atoms with E-state index in [1.165, 1.54) is 12.1 Å². The third-order valence-electron chi connectivity index (χ3n) is 4.12. The van der Waals surface area contributed by atoms with Crippen molar-refractivity contribution in [1.82, 2.24) is 5.32 Å². The predicted molar refractivity (Wildman–Crippen MR) is 90.3 cm³/mol. The van der Waals surface area contributed by atoms with Crippen LogP contribution in [0.15, 0.2) is 24.3 Å². The molecule has 1 aromatic rings. The van der Waals surface area contributed by atoms with Gasteiger partial charge >= 0.3 is 0 Å². The maximum atomic E-state index is 5.87. The number of hydrogen-bond acceptors (Lipinski definition) is 3. The van der Waals surface area contributed by atoms with Gasteiger partial charge in [-0.3, -0.25) is 0 Å². The molecule has 1 N–H and O–H groups in total. The SMILES string of the molecule is CCNCC1CCN(c2cccc(OCCC(C)C)c2)C1. The first-order chi connectivity index (χ1) is 10.2. The summed E-state index contributed by atoms with van der Waals surface area (Å²) in [5.41, 5.74) is 1.30. The van der Waals surface area contributed by atoms with Crippen molar-refractivity contribution in [3.63, 3.8) is 0 Å². The number of ether oxygens (including phenoxy) is 1. The van der Waals surface area contributed by atoms with E-state index in [0.29, 0.717) is 5.92 Å². The van der Waals surface area contributed by atoms with Crippen molar-refractivity contribution in [2.24, 2.45) is 11.8 Å². The Morgan fingerprint density at radius 1 is 1.38 bits per heavy atom. The van der Waals surface area contributed by atoms with Crippen LogP contribution < -0.4 is 15.0 Å². The van der Waals surface area contributed by atoms with Crippen LogP contribution in [-0.4, -0.2) is 32.8 Å². The minimum Gasteiger partial charge on any atom is -0.494 e. The van der Waals surface area contributed by atoms with Crippen molar-refractivity contribution in [1.29, 1.82) is 0 Å². The summed E-state index contributed by atoms with van der Waals surface area (Å²) in [5.74, 6) is 2.47. The Morgan fingerprint density at radius 2 is 2.24 bits per heavy atom. The monoisotopic (exact) mass is 290 g/mol. The van der Waals surface area contributed by atoms with Crippen LogP contribution in [0.5, 0.6) is 5.75 Å². The van der Waals surface area contributed by atoms with Crippen LogP contribution in [0.1, 0.15) is 33.6 Å². The molecular formula is C18H30N2O. The Bertz CT molecular complexity index is 419. The Hall–Kier alpha value is -1.22. The van der Waals surface area contributed by atoms with Crippen LogP contribution in [0.2, 0.25) is 0 Å². The molecule has 3 heteroatoms. The van der Waals surface area contributed by atoms with Crippen molar-refractivity contribution in [3.05, 3.63) is 24.3 Å². The number of hydrogen-bond donors (Lipinski definition) is 1. The van der Waals surface area contributed by atoms with Crippen LogP contribution in [0.25, 0.3) is 0 Å². The second-order valence-corrected chi connectivity index (χ2v) is 6.44. The van der Waals surface area contributed by atoms with Gasteiger partial charge in [-0.05, 0) is 49.9 Å². The summed E-state index contributed by atoms with van der Waals surface area (Å²) in [6.45, 7) is 12.0. The average Bonchev–Trinajstić information content (AvgIpc) is 2.94. The molecule has 1 heterocycles. The van der Waals surface area contributed by atoms with Gasteiger partial charge in [0.1, 0.15) is 5.75 Å². The van der Waals surface area contributed by atoms with E-state index in [9.17, 15) is 0 Å². The molecular weight excluding hydrogens is 260 g/mol. The molecule has 1 aromatic carbocycles. The molecule has 1 aliphatic heterocycles. The van der Waals surface area contributed by atoms with Crippen LogP contribution in [0.4, 0.5) is 5.69 Å². The first-order valence-corrected chi connectivity index (χ1v) is 8.37. The van der Waals surface area contributed by atoms with E-state index in [-0.39, 0.29) is 0 Å². The van der Waals surface area contributed by atoms with Crippen LogP contribution in [0.3, 0.4) is 0 Å². The average molecular weight is 290 g/mol. The van der Waals surface area contributed by atoms with Gasteiger partial charge in [0.2, 0.25) is 0 Å². The first-order valence-electron chi connectivity index (χ1n) is 8.37. The van der Waals surface area contributed by atoms with Crippen LogP contribution in [0, 0.1) is 11.8 Å². The van der Waals surface area contributed by atoms with Gasteiger partial charge in [0.25, 0.3) is 0 Å². The number of rotatable bonds is 8. The summed E-state index contributed by atoms with van der Waals surface area (Å²) in [6.07, 6.45) is 2.39. The van der Waals surface area contributed by atoms with Crippen LogP contribution >= 0.6 is 0 Å². The molecule has 1 unspecified atom stereocenters. The molecule has 21 heavy (non-hydrogen) atoms. The summed E-state index contributed by atoms with van der Waals surface area (Å²) in [4.78, 5) is 2.48. The van der Waals surface area contributed by atoms with Gasteiger partial charge in [0.15, 0.2) is 0 Å². The summed E-state index contributed by atoms with van der Waals surface area (Å²) in [7, 11) is 0. The smallest absolute Gasteiger partial charge is 0.121 e. The molecule has 1 fully saturated rings. The molecule has 0 radical (unpaired) electrons. The lowest BCUT2D eigenvalue weighted by Gasteiger charge is -2.20. The predicted octanol–water partition coefficient (Wildman–Crippen LogP) is 3.55. The molecule has 1 atom stereocenters. The minimum absolute atomic E-state index is 0.693. The maximum absolute atomic E-state index is 5.87. The van der Waals surface area contributed by atoms with E-state index in [4.69, 9.17) is 4.74 Å². The summed E-state index contributed by atoms with van der Waals surface area (Å²) in [6, 6.07) is 8.56. The highest BCUT2D eigenvalue weighted by molar-refractivity contribution is 5.51. The lowest BCUT2D eigenvalue weighted by Crippen LogP contribution is -2.26. The summed E-state index contributed by atoms with van der Waals surface area (Å²) in [5, 5.41) is 3.46. The van der Waals surface area contributed by atoms with Gasteiger partial charge in [-0.1, -0.05) is 26.8 Å². The molecule has 0 aliphatic carbocycles. The molecule has 1 saturated heterocycles. The Kier molecular flexibility index (Phi) is 6.37. The van der Waals surface area contributed by atoms with E-state index >= 15 is 0 Å². The highest BCUT2D eigenvalue weighted by atomic mass is 16.5. The van der Waals surface area contributed by atoms with Crippen molar-refractivity contribution in [2.45, 2.75) is 33.6 Å². The number of anilines is 1. The number of nitrogens with zero attached hydrogens (tertiary/aromatic N) is 1. The highest BCUT2D eigenvalue weighted by Crippen LogP contribution is 2.26. The molecule has 0 bridgehead atoms. The number of nitrogens with one attached hydrogen (secondary N) is 1. The van der Waals surface area contributed by atoms with Gasteiger partial charge in [0, 0.05) is 24.8 Å². The standard InChI is InChI=1S/C18H30N2O/c1-4-19-13-16-8-10-20(14-16)17-6-5-7-18(12-17)21-11-9-15(2)3/h5-7,12,15-16,19H,4,8-11,13-14H2,1-3H3. The van der Waals surface area contributed by atoms with E-state index in [0.717, 1.165) is 50.9 Å². The second-order valence-electron chi connectivity index (χ2n) is 6.44. The Labute approximate surface area is 129 Å². The zero-order valence-corrected chi connectivity index (χ0v) is 13.8. The lowest BCUT2D eigenvalue weighted by atomic mass is 10.1. The molecule has 0 saturated carbocycles. The van der Waals surface area contributed by atoms with Gasteiger partial charge in [-0.2, -0.15) is 0 Å². The molecule has 0 amide bonds. The fourth-order valence-corrected chi connectivity index (χ4v) is 2.76. The summed E-state index contributed by atoms with van der Waals surface area (Å²) < 4.78 is 5.87. The molecule has 0 spiro atoms. The fraction of sp³-hybridized carbons (Fsp3) is 0.667. The zero-order valence-electron chi connectivity index (χ0n) is 13.8. The maximum Gasteiger partial charge on any atom is 0.121 e. The van der Waals surface area contributed by atoms with Crippen molar-refractivity contribution < 1.29 is 4.74 Å². The second kappa shape index (κ2) is 8.28. The largest absolute Gasteiger partial charge is 0.494 e. The minimum atomic E-state index is 0.693. The zero-order chi connectivity index (χ0) is 15.1. The van der Waals surface area contributed by atoms with Crippen molar-refractivity contribution >= 4 is 5.69 Å². The van der Waals surface area contributed by atoms with E-state index in [2.05, 4.69) is 55.3 Å². The van der Waals surface area contributed by atoms with Crippen molar-refractivity contribution in [2.75, 3.05) is 37.7 Å². The molecule has 2 rings (SSSR count). The molecule has 3 nitrogen and oxygen atoms in total. The normalized spacial score (nSPS) is 18.5. The third kappa shape index (κ3) is 5.24. The van der Waals surface area contributed by atoms with Gasteiger partial charge in [0.05, 0.1) is 6.61 Å². The van der Waals surface area contributed by atoms with Crippen LogP contribution in [-0.2, 0) is 0 Å². The third-order valence-corrected chi connectivity index (χ3v) is 4.12. The molecule has 1 aliphatic rings. The summed E-state index contributed by atoms with van der Waals surface area (Å²) >= 11 is 0. The van der Waals surface area contributed by atoms with Gasteiger partial charge in [-0.25, -0.2) is 0 Å².